The molecule has 1 saturated heterocycles. The van der Waals surface area contributed by atoms with E-state index in [1.54, 1.807) is 12.1 Å². The summed E-state index contributed by atoms with van der Waals surface area (Å²) in [5.41, 5.74) is 1.47. The zero-order chi connectivity index (χ0) is 18.1. The van der Waals surface area contributed by atoms with Crippen molar-refractivity contribution in [3.8, 4) is 5.75 Å². The number of fused-ring (bicyclic) bond motifs is 1. The molecule has 1 fully saturated rings. The Balaban J connectivity index is 1.38. The van der Waals surface area contributed by atoms with Gasteiger partial charge in [-0.3, -0.25) is 0 Å². The van der Waals surface area contributed by atoms with Gasteiger partial charge in [0.1, 0.15) is 11.4 Å². The number of β-amino-alcohol motifs (C(OH)–C–C–N with tert-alkyl or cyclic N) is 1. The molecule has 2 aromatic carbocycles. The van der Waals surface area contributed by atoms with Crippen LogP contribution in [0, 0.1) is 0 Å². The molecule has 0 aliphatic carbocycles. The van der Waals surface area contributed by atoms with E-state index in [9.17, 15) is 10.2 Å². The van der Waals surface area contributed by atoms with Crippen LogP contribution in [-0.2, 0) is 0 Å². The minimum Gasteiger partial charge on any atom is -0.487 e. The average Bonchev–Trinajstić information content (AvgIpc) is 2.64. The maximum atomic E-state index is 10.5. The zero-order valence-electron chi connectivity index (χ0n) is 14.6. The van der Waals surface area contributed by atoms with E-state index in [2.05, 4.69) is 4.90 Å². The van der Waals surface area contributed by atoms with Crippen molar-refractivity contribution in [1.82, 2.24) is 4.90 Å². The maximum absolute atomic E-state index is 10.5. The van der Waals surface area contributed by atoms with Crippen LogP contribution in [0.3, 0.4) is 0 Å². The number of aliphatic hydroxyl groups excluding tert-OH is 2. The number of hydrogen-bond acceptors (Lipinski definition) is 4. The fourth-order valence-corrected chi connectivity index (χ4v) is 4.20. The van der Waals surface area contributed by atoms with E-state index in [4.69, 9.17) is 16.3 Å². The summed E-state index contributed by atoms with van der Waals surface area (Å²) in [7, 11) is 0. The molecule has 0 aromatic heterocycles. The third-order valence-corrected chi connectivity index (χ3v) is 5.88. The Kier molecular flexibility index (Phi) is 4.93. The molecule has 26 heavy (non-hydrogen) atoms. The van der Waals surface area contributed by atoms with Gasteiger partial charge in [-0.25, -0.2) is 0 Å². The summed E-state index contributed by atoms with van der Waals surface area (Å²) in [5, 5.41) is 21.7. The molecule has 0 bridgehead atoms. The molecule has 0 saturated carbocycles. The summed E-state index contributed by atoms with van der Waals surface area (Å²) >= 11 is 5.91. The molecule has 4 nitrogen and oxygen atoms in total. The molecule has 2 aliphatic heterocycles. The first kappa shape index (κ1) is 17.8. The molecule has 2 unspecified atom stereocenters. The van der Waals surface area contributed by atoms with Crippen molar-refractivity contribution in [1.29, 1.82) is 0 Å². The molecule has 1 spiro atoms. The molecule has 0 radical (unpaired) electrons. The second kappa shape index (κ2) is 7.20. The first-order valence-electron chi connectivity index (χ1n) is 9.17. The van der Waals surface area contributed by atoms with Crippen LogP contribution in [0.1, 0.15) is 42.6 Å². The van der Waals surface area contributed by atoms with Crippen LogP contribution in [0.15, 0.2) is 48.5 Å². The lowest BCUT2D eigenvalue weighted by Crippen LogP contribution is -2.51. The number of para-hydroxylation sites is 1. The van der Waals surface area contributed by atoms with Crippen LogP contribution in [-0.4, -0.2) is 40.3 Å². The Morgan fingerprint density at radius 2 is 1.81 bits per heavy atom. The predicted octanol–water partition coefficient (Wildman–Crippen LogP) is 3.72. The number of nitrogens with zero attached hydrogens (tertiary/aromatic N) is 1. The fourth-order valence-electron chi connectivity index (χ4n) is 4.07. The average molecular weight is 374 g/mol. The fraction of sp³-hybridized carbons (Fsp3) is 0.429. The first-order valence-corrected chi connectivity index (χ1v) is 9.54. The second-order valence-electron chi connectivity index (χ2n) is 7.41. The molecule has 2 atom stereocenters. The lowest BCUT2D eigenvalue weighted by atomic mass is 9.81. The molecule has 138 valence electrons. The molecule has 2 N–H and O–H groups in total. The van der Waals surface area contributed by atoms with Gasteiger partial charge in [0.25, 0.3) is 0 Å². The van der Waals surface area contributed by atoms with E-state index in [1.807, 2.05) is 36.4 Å². The van der Waals surface area contributed by atoms with Crippen molar-refractivity contribution in [2.45, 2.75) is 37.1 Å². The number of hydrogen-bond donors (Lipinski definition) is 2. The topological polar surface area (TPSA) is 52.9 Å². The molecular formula is C21H24ClNO3. The standard InChI is InChI=1S/C21H24ClNO3/c22-16-7-5-15(6-8-16)19(25)14-23-11-9-21(10-12-23)13-18(24)17-3-1-2-4-20(17)26-21/h1-8,18-19,24-25H,9-14H2. The van der Waals surface area contributed by atoms with Gasteiger partial charge < -0.3 is 19.8 Å². The van der Waals surface area contributed by atoms with Gasteiger partial charge in [0, 0.05) is 36.6 Å². The van der Waals surface area contributed by atoms with Crippen LogP contribution >= 0.6 is 11.6 Å². The van der Waals surface area contributed by atoms with E-state index in [1.165, 1.54) is 0 Å². The van der Waals surface area contributed by atoms with Gasteiger partial charge in [0.05, 0.1) is 12.2 Å². The number of rotatable bonds is 3. The number of benzene rings is 2. The Bertz CT molecular complexity index is 756. The zero-order valence-corrected chi connectivity index (χ0v) is 15.4. The van der Waals surface area contributed by atoms with Gasteiger partial charge in [-0.1, -0.05) is 41.9 Å². The van der Waals surface area contributed by atoms with Gasteiger partial charge in [0.15, 0.2) is 0 Å². The molecular weight excluding hydrogens is 350 g/mol. The van der Waals surface area contributed by atoms with Crippen LogP contribution in [0.2, 0.25) is 5.02 Å². The van der Waals surface area contributed by atoms with Crippen LogP contribution in [0.25, 0.3) is 0 Å². The van der Waals surface area contributed by atoms with Crippen molar-refractivity contribution in [3.63, 3.8) is 0 Å². The normalized spacial score (nSPS) is 23.3. The van der Waals surface area contributed by atoms with Gasteiger partial charge in [-0.05, 0) is 36.6 Å². The van der Waals surface area contributed by atoms with E-state index in [0.29, 0.717) is 18.0 Å². The van der Waals surface area contributed by atoms with E-state index in [-0.39, 0.29) is 5.60 Å². The second-order valence-corrected chi connectivity index (χ2v) is 7.85. The van der Waals surface area contributed by atoms with Crippen molar-refractivity contribution < 1.29 is 14.9 Å². The van der Waals surface area contributed by atoms with Gasteiger partial charge in [-0.2, -0.15) is 0 Å². The van der Waals surface area contributed by atoms with Crippen molar-refractivity contribution in [3.05, 3.63) is 64.7 Å². The molecule has 4 rings (SSSR count). The van der Waals surface area contributed by atoms with Gasteiger partial charge in [0.2, 0.25) is 0 Å². The first-order chi connectivity index (χ1) is 12.5. The highest BCUT2D eigenvalue weighted by Gasteiger charge is 2.42. The van der Waals surface area contributed by atoms with Crippen molar-refractivity contribution in [2.24, 2.45) is 0 Å². The third-order valence-electron chi connectivity index (χ3n) is 5.62. The van der Waals surface area contributed by atoms with E-state index < -0.39 is 12.2 Å². The lowest BCUT2D eigenvalue weighted by molar-refractivity contribution is -0.0587. The summed E-state index contributed by atoms with van der Waals surface area (Å²) in [4.78, 5) is 2.26. The summed E-state index contributed by atoms with van der Waals surface area (Å²) in [6.07, 6.45) is 1.35. The largest absolute Gasteiger partial charge is 0.487 e. The van der Waals surface area contributed by atoms with E-state index >= 15 is 0 Å². The maximum Gasteiger partial charge on any atom is 0.125 e. The summed E-state index contributed by atoms with van der Waals surface area (Å²) in [6, 6.07) is 15.1. The van der Waals surface area contributed by atoms with Crippen LogP contribution in [0.4, 0.5) is 0 Å². The van der Waals surface area contributed by atoms with Crippen LogP contribution < -0.4 is 4.74 Å². The van der Waals surface area contributed by atoms with E-state index in [0.717, 1.165) is 42.8 Å². The summed E-state index contributed by atoms with van der Waals surface area (Å²) in [5.74, 6) is 0.806. The highest BCUT2D eigenvalue weighted by molar-refractivity contribution is 6.30. The Morgan fingerprint density at radius 1 is 1.12 bits per heavy atom. The Morgan fingerprint density at radius 3 is 2.54 bits per heavy atom. The summed E-state index contributed by atoms with van der Waals surface area (Å²) < 4.78 is 6.32. The Labute approximate surface area is 159 Å². The quantitative estimate of drug-likeness (QED) is 0.860. The van der Waals surface area contributed by atoms with Gasteiger partial charge >= 0.3 is 0 Å². The summed E-state index contributed by atoms with van der Waals surface area (Å²) in [6.45, 7) is 2.29. The highest BCUT2D eigenvalue weighted by atomic mass is 35.5. The van der Waals surface area contributed by atoms with Crippen molar-refractivity contribution in [2.75, 3.05) is 19.6 Å². The lowest BCUT2D eigenvalue weighted by Gasteiger charge is -2.46. The predicted molar refractivity (Wildman–Crippen MR) is 101 cm³/mol. The number of piperidine rings is 1. The molecule has 5 heteroatoms. The minimum atomic E-state index is -0.528. The monoisotopic (exact) mass is 373 g/mol. The minimum absolute atomic E-state index is 0.296. The third kappa shape index (κ3) is 3.60. The molecule has 0 amide bonds. The van der Waals surface area contributed by atoms with Crippen LogP contribution in [0.5, 0.6) is 5.75 Å². The molecule has 2 aromatic rings. The highest BCUT2D eigenvalue weighted by Crippen LogP contribution is 2.44. The number of likely N-dealkylation sites (tertiary alicyclic amines) is 1. The smallest absolute Gasteiger partial charge is 0.125 e. The Hall–Kier alpha value is -1.59. The van der Waals surface area contributed by atoms with Gasteiger partial charge in [-0.15, -0.1) is 0 Å². The molecule has 2 aliphatic rings. The number of ether oxygens (including phenoxy) is 1. The number of aliphatic hydroxyl groups is 2. The number of halogens is 1. The SMILES string of the molecule is OC(CN1CCC2(CC1)CC(O)c1ccccc1O2)c1ccc(Cl)cc1. The van der Waals surface area contributed by atoms with Crippen molar-refractivity contribution >= 4 is 11.6 Å². The molecule has 2 heterocycles.